The zero-order chi connectivity index (χ0) is 27.5. The summed E-state index contributed by atoms with van der Waals surface area (Å²) in [6.45, 7) is 4.26. The summed E-state index contributed by atoms with van der Waals surface area (Å²) >= 11 is 20.1. The van der Waals surface area contributed by atoms with Gasteiger partial charge in [0.1, 0.15) is 12.4 Å². The van der Waals surface area contributed by atoms with Crippen molar-refractivity contribution in [1.82, 2.24) is 0 Å². The quantitative estimate of drug-likeness (QED) is 0.209. The topological polar surface area (TPSA) is 41.9 Å². The third-order valence-electron chi connectivity index (χ3n) is 6.07. The maximum Gasteiger partial charge on any atom is 0.271 e. The summed E-state index contributed by atoms with van der Waals surface area (Å²) in [5.74, 6) is 0.537. The number of amides is 1. The van der Waals surface area contributed by atoms with E-state index in [4.69, 9.17) is 44.5 Å². The van der Waals surface area contributed by atoms with Gasteiger partial charge in [-0.25, -0.2) is 4.99 Å². The molecule has 1 saturated heterocycles. The fourth-order valence-electron chi connectivity index (χ4n) is 3.86. The number of hydrogen-bond acceptors (Lipinski definition) is 4. The predicted octanol–water partition coefficient (Wildman–Crippen LogP) is 9.65. The Morgan fingerprint density at radius 3 is 2.28 bits per heavy atom. The Kier molecular flexibility index (Phi) is 8.34. The highest BCUT2D eigenvalue weighted by Gasteiger charge is 2.35. The minimum Gasteiger partial charge on any atom is -0.489 e. The molecule has 0 bridgehead atoms. The molecular weight excluding hydrogens is 571 g/mol. The number of nitrogens with zero attached hydrogens (tertiary/aromatic N) is 2. The van der Waals surface area contributed by atoms with Crippen molar-refractivity contribution in [1.29, 1.82) is 0 Å². The molecule has 8 heteroatoms. The number of carbonyl (C=O) groups is 1. The number of rotatable bonds is 6. The van der Waals surface area contributed by atoms with E-state index in [1.54, 1.807) is 17.0 Å². The van der Waals surface area contributed by atoms with E-state index in [2.05, 4.69) is 0 Å². The lowest BCUT2D eigenvalue weighted by molar-refractivity contribution is -0.113. The molecule has 1 heterocycles. The van der Waals surface area contributed by atoms with Crippen LogP contribution in [0.15, 0.2) is 94.8 Å². The Morgan fingerprint density at radius 1 is 0.872 bits per heavy atom. The minimum absolute atomic E-state index is 0.182. The summed E-state index contributed by atoms with van der Waals surface area (Å²) in [5, 5.41) is 2.39. The van der Waals surface area contributed by atoms with Crippen LogP contribution in [-0.2, 0) is 11.4 Å². The lowest BCUT2D eigenvalue weighted by Gasteiger charge is -2.16. The second kappa shape index (κ2) is 11.9. The smallest absolute Gasteiger partial charge is 0.271 e. The van der Waals surface area contributed by atoms with E-state index in [9.17, 15) is 4.79 Å². The number of halogens is 3. The highest BCUT2D eigenvalue weighted by molar-refractivity contribution is 8.19. The summed E-state index contributed by atoms with van der Waals surface area (Å²) in [6.07, 6.45) is 1.85. The average molecular weight is 594 g/mol. The molecule has 4 nitrogen and oxygen atoms in total. The highest BCUT2D eigenvalue weighted by atomic mass is 35.5. The van der Waals surface area contributed by atoms with Crippen LogP contribution in [0.4, 0.5) is 11.4 Å². The molecular formula is C31H23Cl3N2O2S. The standard InChI is InChI=1S/C31H23Cl3N2O2S/c1-19-6-10-24(16-27(19)33)35-31-36(25-11-7-20(2)28(34)17-25)30(37)29(39-31)15-21-8-12-26(13-9-21)38-18-22-4-3-5-23(32)14-22/h3-17H,18H2,1-2H3/b29-15+,35-31?. The predicted molar refractivity (Wildman–Crippen MR) is 165 cm³/mol. The van der Waals surface area contributed by atoms with E-state index >= 15 is 0 Å². The third kappa shape index (κ3) is 6.51. The van der Waals surface area contributed by atoms with Crippen molar-refractivity contribution < 1.29 is 9.53 Å². The van der Waals surface area contributed by atoms with Crippen molar-refractivity contribution >= 4 is 75.1 Å². The molecule has 5 rings (SSSR count). The zero-order valence-corrected chi connectivity index (χ0v) is 24.2. The molecule has 1 aliphatic heterocycles. The number of anilines is 1. The van der Waals surface area contributed by atoms with Gasteiger partial charge in [-0.1, -0.05) is 71.2 Å². The molecule has 0 atom stereocenters. The van der Waals surface area contributed by atoms with E-state index in [0.29, 0.717) is 43.1 Å². The molecule has 0 unspecified atom stereocenters. The third-order valence-corrected chi connectivity index (χ3v) is 8.09. The summed E-state index contributed by atoms with van der Waals surface area (Å²) in [5.41, 5.74) is 5.04. The first kappa shape index (κ1) is 27.4. The van der Waals surface area contributed by atoms with Gasteiger partial charge in [-0.05, 0) is 102 Å². The second-order valence-corrected chi connectivity index (χ2v) is 11.3. The summed E-state index contributed by atoms with van der Waals surface area (Å²) in [7, 11) is 0. The number of hydrogen-bond donors (Lipinski definition) is 0. The van der Waals surface area contributed by atoms with Crippen LogP contribution in [0.3, 0.4) is 0 Å². The Labute approximate surface area is 246 Å². The van der Waals surface area contributed by atoms with Crippen molar-refractivity contribution in [3.63, 3.8) is 0 Å². The van der Waals surface area contributed by atoms with Gasteiger partial charge in [-0.3, -0.25) is 9.69 Å². The van der Waals surface area contributed by atoms with Crippen molar-refractivity contribution in [2.75, 3.05) is 4.90 Å². The van der Waals surface area contributed by atoms with Crippen LogP contribution in [0.2, 0.25) is 15.1 Å². The monoisotopic (exact) mass is 592 g/mol. The normalized spacial score (nSPS) is 15.4. The fraction of sp³-hybridized carbons (Fsp3) is 0.0968. The van der Waals surface area contributed by atoms with Gasteiger partial charge in [0.25, 0.3) is 5.91 Å². The first-order chi connectivity index (χ1) is 18.8. The molecule has 1 fully saturated rings. The Bertz CT molecular complexity index is 1620. The fourth-order valence-corrected chi connectivity index (χ4v) is 5.43. The minimum atomic E-state index is -0.182. The number of aliphatic imine (C=N–C) groups is 1. The van der Waals surface area contributed by atoms with Crippen molar-refractivity contribution in [2.24, 2.45) is 4.99 Å². The molecule has 1 aliphatic rings. The maximum absolute atomic E-state index is 13.6. The number of amidine groups is 1. The van der Waals surface area contributed by atoms with Gasteiger partial charge in [0.2, 0.25) is 0 Å². The number of thioether (sulfide) groups is 1. The molecule has 0 radical (unpaired) electrons. The van der Waals surface area contributed by atoms with Gasteiger partial charge < -0.3 is 4.74 Å². The summed E-state index contributed by atoms with van der Waals surface area (Å²) in [4.78, 5) is 20.5. The van der Waals surface area contributed by atoms with Gasteiger partial charge >= 0.3 is 0 Å². The van der Waals surface area contributed by atoms with Crippen LogP contribution in [0.1, 0.15) is 22.3 Å². The number of aryl methyl sites for hydroxylation is 2. The van der Waals surface area contributed by atoms with Crippen LogP contribution in [0, 0.1) is 13.8 Å². The van der Waals surface area contributed by atoms with Gasteiger partial charge in [0.15, 0.2) is 5.17 Å². The van der Waals surface area contributed by atoms with E-state index in [0.717, 1.165) is 28.0 Å². The van der Waals surface area contributed by atoms with Crippen LogP contribution in [0.5, 0.6) is 5.75 Å². The molecule has 1 amide bonds. The average Bonchev–Trinajstić information content (AvgIpc) is 3.21. The Balaban J connectivity index is 1.42. The van der Waals surface area contributed by atoms with E-state index in [-0.39, 0.29) is 5.91 Å². The maximum atomic E-state index is 13.6. The zero-order valence-electron chi connectivity index (χ0n) is 21.1. The van der Waals surface area contributed by atoms with E-state index in [1.165, 1.54) is 11.8 Å². The summed E-state index contributed by atoms with van der Waals surface area (Å²) < 4.78 is 5.89. The molecule has 196 valence electrons. The molecule has 0 saturated carbocycles. The van der Waals surface area contributed by atoms with Gasteiger partial charge in [0, 0.05) is 15.1 Å². The van der Waals surface area contributed by atoms with Crippen LogP contribution in [-0.4, -0.2) is 11.1 Å². The van der Waals surface area contributed by atoms with Gasteiger partial charge in [-0.2, -0.15) is 0 Å². The van der Waals surface area contributed by atoms with Gasteiger partial charge in [-0.15, -0.1) is 0 Å². The molecule has 0 spiro atoms. The van der Waals surface area contributed by atoms with Gasteiger partial charge in [0.05, 0.1) is 16.3 Å². The molecule has 0 aliphatic carbocycles. The molecule has 0 aromatic heterocycles. The lowest BCUT2D eigenvalue weighted by atomic mass is 10.2. The SMILES string of the molecule is Cc1ccc(N=C2S/C(=C/c3ccc(OCc4cccc(Cl)c4)cc3)C(=O)N2c2ccc(C)c(Cl)c2)cc1Cl. The first-order valence-electron chi connectivity index (χ1n) is 12.1. The van der Waals surface area contributed by atoms with Crippen LogP contribution in [0.25, 0.3) is 6.08 Å². The Morgan fingerprint density at radius 2 is 1.59 bits per heavy atom. The van der Waals surface area contributed by atoms with Crippen molar-refractivity contribution in [3.8, 4) is 5.75 Å². The van der Waals surface area contributed by atoms with Crippen LogP contribution < -0.4 is 9.64 Å². The van der Waals surface area contributed by atoms with Crippen molar-refractivity contribution in [3.05, 3.63) is 127 Å². The first-order valence-corrected chi connectivity index (χ1v) is 14.0. The Hall–Kier alpha value is -3.22. The highest BCUT2D eigenvalue weighted by Crippen LogP contribution is 2.39. The van der Waals surface area contributed by atoms with E-state index in [1.807, 2.05) is 92.7 Å². The second-order valence-electron chi connectivity index (χ2n) is 9.00. The number of carbonyl (C=O) groups excluding carboxylic acids is 1. The number of ether oxygens (including phenoxy) is 1. The van der Waals surface area contributed by atoms with Crippen molar-refractivity contribution in [2.45, 2.75) is 20.5 Å². The molecule has 4 aromatic rings. The molecule has 4 aromatic carbocycles. The molecule has 39 heavy (non-hydrogen) atoms. The van der Waals surface area contributed by atoms with E-state index < -0.39 is 0 Å². The van der Waals surface area contributed by atoms with Crippen LogP contribution >= 0.6 is 46.6 Å². The molecule has 0 N–H and O–H groups in total. The lowest BCUT2D eigenvalue weighted by Crippen LogP contribution is -2.28. The number of benzene rings is 4. The largest absolute Gasteiger partial charge is 0.489 e. The summed E-state index contributed by atoms with van der Waals surface area (Å²) in [6, 6.07) is 26.3.